The monoisotopic (exact) mass is 247 g/mol. The van der Waals surface area contributed by atoms with Gasteiger partial charge in [-0.25, -0.2) is 4.68 Å². The molecule has 1 heterocycles. The van der Waals surface area contributed by atoms with Gasteiger partial charge in [0, 0.05) is 25.2 Å². The molecule has 0 atom stereocenters. The maximum Gasteiger partial charge on any atom is 0.269 e. The van der Waals surface area contributed by atoms with Crippen LogP contribution in [0.1, 0.15) is 12.5 Å². The molecule has 7 heteroatoms. The van der Waals surface area contributed by atoms with E-state index in [1.807, 2.05) is 13.0 Å². The Balaban J connectivity index is 2.06. The largest absolute Gasteiger partial charge is 0.365 e. The number of nitro groups is 1. The second-order valence-electron chi connectivity index (χ2n) is 3.72. The molecule has 0 aliphatic rings. The zero-order valence-electron chi connectivity index (χ0n) is 9.91. The van der Waals surface area contributed by atoms with Crippen LogP contribution in [0.2, 0.25) is 0 Å². The van der Waals surface area contributed by atoms with Crippen LogP contribution in [0.25, 0.3) is 0 Å². The molecule has 1 aromatic heterocycles. The molecule has 94 valence electrons. The molecule has 0 amide bonds. The van der Waals surface area contributed by atoms with Crippen molar-refractivity contribution in [2.24, 2.45) is 0 Å². The molecule has 0 aliphatic carbocycles. The number of aryl methyl sites for hydroxylation is 1. The molecule has 0 radical (unpaired) electrons. The second kappa shape index (κ2) is 5.26. The first-order chi connectivity index (χ1) is 8.70. The Morgan fingerprint density at radius 2 is 2.33 bits per heavy atom. The van der Waals surface area contributed by atoms with Crippen LogP contribution in [0.4, 0.5) is 11.5 Å². The van der Waals surface area contributed by atoms with Gasteiger partial charge < -0.3 is 5.32 Å². The number of rotatable bonds is 5. The highest BCUT2D eigenvalue weighted by Crippen LogP contribution is 2.14. The minimum Gasteiger partial charge on any atom is -0.365 e. The zero-order valence-corrected chi connectivity index (χ0v) is 9.91. The van der Waals surface area contributed by atoms with Gasteiger partial charge in [-0.3, -0.25) is 10.1 Å². The van der Waals surface area contributed by atoms with Crippen LogP contribution in [0.3, 0.4) is 0 Å². The fourth-order valence-electron chi connectivity index (χ4n) is 1.60. The lowest BCUT2D eigenvalue weighted by molar-refractivity contribution is -0.384. The number of nitrogens with one attached hydrogen (secondary N) is 1. The van der Waals surface area contributed by atoms with Gasteiger partial charge in [-0.1, -0.05) is 17.3 Å². The van der Waals surface area contributed by atoms with Crippen LogP contribution in [0.15, 0.2) is 30.5 Å². The van der Waals surface area contributed by atoms with Crippen LogP contribution >= 0.6 is 0 Å². The summed E-state index contributed by atoms with van der Waals surface area (Å²) in [5, 5.41) is 21.5. The molecular weight excluding hydrogens is 234 g/mol. The standard InChI is InChI=1S/C11H13N5O2/c1-2-15-11(8-13-14-15)12-7-9-4-3-5-10(6-9)16(17)18/h3-6,8,12H,2,7H2,1H3. The molecule has 0 aliphatic heterocycles. The van der Waals surface area contributed by atoms with E-state index in [0.29, 0.717) is 6.54 Å². The van der Waals surface area contributed by atoms with Gasteiger partial charge in [-0.15, -0.1) is 5.10 Å². The van der Waals surface area contributed by atoms with Crippen LogP contribution in [-0.4, -0.2) is 19.9 Å². The Morgan fingerprint density at radius 3 is 3.06 bits per heavy atom. The highest BCUT2D eigenvalue weighted by atomic mass is 16.6. The number of hydrogen-bond donors (Lipinski definition) is 1. The summed E-state index contributed by atoms with van der Waals surface area (Å²) in [6, 6.07) is 6.53. The zero-order chi connectivity index (χ0) is 13.0. The van der Waals surface area contributed by atoms with E-state index in [-0.39, 0.29) is 5.69 Å². The summed E-state index contributed by atoms with van der Waals surface area (Å²) in [6.45, 7) is 3.18. The SMILES string of the molecule is CCn1nncc1NCc1cccc([N+](=O)[O-])c1. The summed E-state index contributed by atoms with van der Waals surface area (Å²) in [5.74, 6) is 0.795. The van der Waals surface area contributed by atoms with Crippen LogP contribution < -0.4 is 5.32 Å². The Morgan fingerprint density at radius 1 is 1.50 bits per heavy atom. The van der Waals surface area contributed by atoms with Gasteiger partial charge in [0.25, 0.3) is 5.69 Å². The summed E-state index contributed by atoms with van der Waals surface area (Å²) >= 11 is 0. The third kappa shape index (κ3) is 2.62. The third-order valence-corrected chi connectivity index (χ3v) is 2.51. The van der Waals surface area contributed by atoms with Crippen molar-refractivity contribution in [3.63, 3.8) is 0 Å². The Labute approximate surface area is 104 Å². The number of benzene rings is 1. The third-order valence-electron chi connectivity index (χ3n) is 2.51. The minimum atomic E-state index is -0.401. The van der Waals surface area contributed by atoms with Crippen LogP contribution in [0, 0.1) is 10.1 Å². The van der Waals surface area contributed by atoms with E-state index in [1.165, 1.54) is 6.07 Å². The van der Waals surface area contributed by atoms with Crippen molar-refractivity contribution in [2.45, 2.75) is 20.0 Å². The van der Waals surface area contributed by atoms with Crippen molar-refractivity contribution in [3.05, 3.63) is 46.1 Å². The molecular formula is C11H13N5O2. The molecule has 18 heavy (non-hydrogen) atoms. The molecule has 0 fully saturated rings. The van der Waals surface area contributed by atoms with Crippen LogP contribution in [-0.2, 0) is 13.1 Å². The molecule has 2 rings (SSSR count). The molecule has 2 aromatic rings. The smallest absolute Gasteiger partial charge is 0.269 e. The Bertz CT molecular complexity index is 552. The highest BCUT2D eigenvalue weighted by molar-refractivity contribution is 5.38. The fraction of sp³-hybridized carbons (Fsp3) is 0.273. The van der Waals surface area contributed by atoms with Crippen molar-refractivity contribution in [2.75, 3.05) is 5.32 Å². The van der Waals surface area contributed by atoms with Gasteiger partial charge in [0.05, 0.1) is 11.1 Å². The van der Waals surface area contributed by atoms with Gasteiger partial charge in [0.15, 0.2) is 0 Å². The number of hydrogen-bond acceptors (Lipinski definition) is 5. The van der Waals surface area contributed by atoms with E-state index in [2.05, 4.69) is 15.6 Å². The van der Waals surface area contributed by atoms with E-state index < -0.39 is 4.92 Å². The lowest BCUT2D eigenvalue weighted by atomic mass is 10.2. The van der Waals surface area contributed by atoms with Gasteiger partial charge in [0.1, 0.15) is 5.82 Å². The summed E-state index contributed by atoms with van der Waals surface area (Å²) in [7, 11) is 0. The Hall–Kier alpha value is -2.44. The van der Waals surface area contributed by atoms with E-state index in [1.54, 1.807) is 23.0 Å². The lowest BCUT2D eigenvalue weighted by Gasteiger charge is -2.06. The van der Waals surface area contributed by atoms with Gasteiger partial charge in [-0.05, 0) is 12.5 Å². The van der Waals surface area contributed by atoms with Crippen molar-refractivity contribution >= 4 is 11.5 Å². The first-order valence-electron chi connectivity index (χ1n) is 5.56. The van der Waals surface area contributed by atoms with E-state index in [0.717, 1.165) is 17.9 Å². The quantitative estimate of drug-likeness (QED) is 0.643. The van der Waals surface area contributed by atoms with E-state index in [4.69, 9.17) is 0 Å². The highest BCUT2D eigenvalue weighted by Gasteiger charge is 2.06. The topological polar surface area (TPSA) is 85.9 Å². The average molecular weight is 247 g/mol. The molecule has 0 bridgehead atoms. The predicted molar refractivity (Wildman–Crippen MR) is 66.1 cm³/mol. The van der Waals surface area contributed by atoms with Crippen molar-refractivity contribution in [1.82, 2.24) is 15.0 Å². The number of anilines is 1. The van der Waals surface area contributed by atoms with Crippen molar-refractivity contribution in [3.8, 4) is 0 Å². The number of nitro benzene ring substituents is 1. The summed E-state index contributed by atoms with van der Waals surface area (Å²) in [6.07, 6.45) is 1.63. The van der Waals surface area contributed by atoms with Gasteiger partial charge in [-0.2, -0.15) is 0 Å². The first-order valence-corrected chi connectivity index (χ1v) is 5.56. The van der Waals surface area contributed by atoms with Crippen molar-refractivity contribution < 1.29 is 4.92 Å². The molecule has 1 aromatic carbocycles. The number of nitrogens with zero attached hydrogens (tertiary/aromatic N) is 4. The normalized spacial score (nSPS) is 10.3. The molecule has 0 spiro atoms. The maximum atomic E-state index is 10.6. The number of aromatic nitrogens is 3. The van der Waals surface area contributed by atoms with Crippen molar-refractivity contribution in [1.29, 1.82) is 0 Å². The minimum absolute atomic E-state index is 0.0939. The van der Waals surface area contributed by atoms with Gasteiger partial charge in [0.2, 0.25) is 0 Å². The molecule has 7 nitrogen and oxygen atoms in total. The molecule has 0 unspecified atom stereocenters. The maximum absolute atomic E-state index is 10.6. The predicted octanol–water partition coefficient (Wildman–Crippen LogP) is 1.82. The Kier molecular flexibility index (Phi) is 3.52. The van der Waals surface area contributed by atoms with Gasteiger partial charge >= 0.3 is 0 Å². The molecule has 0 saturated heterocycles. The fourth-order valence-corrected chi connectivity index (χ4v) is 1.60. The first kappa shape index (κ1) is 12.0. The molecule has 0 saturated carbocycles. The molecule has 1 N–H and O–H groups in total. The second-order valence-corrected chi connectivity index (χ2v) is 3.72. The summed E-state index contributed by atoms with van der Waals surface area (Å²) < 4.78 is 1.72. The average Bonchev–Trinajstić information content (AvgIpc) is 2.84. The van der Waals surface area contributed by atoms with E-state index in [9.17, 15) is 10.1 Å². The summed E-state index contributed by atoms with van der Waals surface area (Å²) in [4.78, 5) is 10.2. The lowest BCUT2D eigenvalue weighted by Crippen LogP contribution is -2.07. The number of non-ortho nitro benzene ring substituents is 1. The summed E-state index contributed by atoms with van der Waals surface area (Å²) in [5.41, 5.74) is 0.935. The van der Waals surface area contributed by atoms with E-state index >= 15 is 0 Å². The van der Waals surface area contributed by atoms with Crippen LogP contribution in [0.5, 0.6) is 0 Å².